The van der Waals surface area contributed by atoms with E-state index in [0.717, 1.165) is 55.8 Å². The zero-order valence-corrected chi connectivity index (χ0v) is 16.4. The second-order valence-electron chi connectivity index (χ2n) is 7.30. The van der Waals surface area contributed by atoms with Crippen molar-refractivity contribution in [1.29, 1.82) is 0 Å². The first-order valence-corrected chi connectivity index (χ1v) is 9.69. The van der Waals surface area contributed by atoms with Crippen molar-refractivity contribution in [3.8, 4) is 17.1 Å². The van der Waals surface area contributed by atoms with Crippen LogP contribution in [0.5, 0.6) is 5.75 Å². The Labute approximate surface area is 178 Å². The maximum atomic E-state index is 13.6. The van der Waals surface area contributed by atoms with Gasteiger partial charge in [0.2, 0.25) is 11.7 Å². The number of hydrogen-bond acceptors (Lipinski definition) is 5. The lowest BCUT2D eigenvalue weighted by Gasteiger charge is -2.15. The van der Waals surface area contributed by atoms with Crippen molar-refractivity contribution in [2.75, 3.05) is 6.54 Å². The van der Waals surface area contributed by atoms with Gasteiger partial charge in [0.05, 0.1) is 17.2 Å². The van der Waals surface area contributed by atoms with Crippen LogP contribution in [0.15, 0.2) is 47.0 Å². The molecule has 0 saturated carbocycles. The van der Waals surface area contributed by atoms with Crippen LogP contribution in [0.1, 0.15) is 41.5 Å². The van der Waals surface area contributed by atoms with Gasteiger partial charge in [0.1, 0.15) is 12.4 Å². The van der Waals surface area contributed by atoms with Gasteiger partial charge in [-0.05, 0) is 55.3 Å². The summed E-state index contributed by atoms with van der Waals surface area (Å²) in [6, 6.07) is 7.24. The smallest absolute Gasteiger partial charge is 0.419 e. The van der Waals surface area contributed by atoms with Crippen molar-refractivity contribution in [1.82, 2.24) is 15.5 Å². The lowest BCUT2D eigenvalue weighted by molar-refractivity contribution is -0.139. The topological polar surface area (TPSA) is 60.2 Å². The molecular weight excluding hydrogens is 440 g/mol. The van der Waals surface area contributed by atoms with Crippen LogP contribution in [-0.4, -0.2) is 16.7 Å². The van der Waals surface area contributed by atoms with Crippen molar-refractivity contribution in [3.05, 3.63) is 65.0 Å². The number of ether oxygens (including phenoxy) is 1. The van der Waals surface area contributed by atoms with E-state index in [1.165, 1.54) is 6.07 Å². The third-order valence-electron chi connectivity index (χ3n) is 5.02. The molecule has 1 aliphatic rings. The zero-order chi connectivity index (χ0) is 22.9. The SMILES string of the molecule is FC(F)(F)c1ccc(COc2ccc(-c3noc([C@@H]4CCCN4)n3)cc2C(F)(F)F)cc1. The van der Waals surface area contributed by atoms with Crippen LogP contribution in [0.25, 0.3) is 11.4 Å². The van der Waals surface area contributed by atoms with Gasteiger partial charge in [-0.2, -0.15) is 31.3 Å². The Morgan fingerprint density at radius 1 is 1.00 bits per heavy atom. The Morgan fingerprint density at radius 3 is 2.38 bits per heavy atom. The Balaban J connectivity index is 1.54. The summed E-state index contributed by atoms with van der Waals surface area (Å²) in [5.74, 6) is -0.121. The molecule has 0 spiro atoms. The van der Waals surface area contributed by atoms with Gasteiger partial charge < -0.3 is 14.6 Å². The molecule has 170 valence electrons. The standard InChI is InChI=1S/C21H17F6N3O2/c22-20(23,24)14-6-3-12(4-7-14)11-31-17-8-5-13(10-15(17)21(25,26)27)18-29-19(32-30-18)16-2-1-9-28-16/h3-8,10,16,28H,1-2,9,11H2/t16-/m0/s1. The van der Waals surface area contributed by atoms with Crippen LogP contribution < -0.4 is 10.1 Å². The van der Waals surface area contributed by atoms with Crippen LogP contribution >= 0.6 is 0 Å². The first-order chi connectivity index (χ1) is 15.1. The van der Waals surface area contributed by atoms with Crippen LogP contribution in [0, 0.1) is 0 Å². The predicted molar refractivity (Wildman–Crippen MR) is 100 cm³/mol. The highest BCUT2D eigenvalue weighted by atomic mass is 19.4. The van der Waals surface area contributed by atoms with Crippen molar-refractivity contribution in [2.45, 2.75) is 37.8 Å². The van der Waals surface area contributed by atoms with E-state index in [0.29, 0.717) is 11.5 Å². The highest BCUT2D eigenvalue weighted by Gasteiger charge is 2.35. The summed E-state index contributed by atoms with van der Waals surface area (Å²) in [4.78, 5) is 4.20. The van der Waals surface area contributed by atoms with Crippen molar-refractivity contribution < 1.29 is 35.6 Å². The summed E-state index contributed by atoms with van der Waals surface area (Å²) >= 11 is 0. The Kier molecular flexibility index (Phi) is 5.85. The predicted octanol–water partition coefficient (Wildman–Crippen LogP) is 5.78. The first kappa shape index (κ1) is 22.1. The Hall–Kier alpha value is -3.08. The van der Waals surface area contributed by atoms with Gasteiger partial charge in [-0.3, -0.25) is 0 Å². The molecule has 0 unspecified atom stereocenters. The molecule has 1 aromatic heterocycles. The fourth-order valence-corrected chi connectivity index (χ4v) is 3.36. The monoisotopic (exact) mass is 457 g/mol. The van der Waals surface area contributed by atoms with E-state index in [1.54, 1.807) is 0 Å². The lowest BCUT2D eigenvalue weighted by atomic mass is 10.1. The molecule has 1 fully saturated rings. The third-order valence-corrected chi connectivity index (χ3v) is 5.02. The number of rotatable bonds is 5. The maximum absolute atomic E-state index is 13.6. The minimum Gasteiger partial charge on any atom is -0.488 e. The minimum absolute atomic E-state index is 0.0217. The largest absolute Gasteiger partial charge is 0.488 e. The molecule has 5 nitrogen and oxygen atoms in total. The van der Waals surface area contributed by atoms with Crippen molar-refractivity contribution in [3.63, 3.8) is 0 Å². The molecule has 32 heavy (non-hydrogen) atoms. The fraction of sp³-hybridized carbons (Fsp3) is 0.333. The third kappa shape index (κ3) is 4.87. The van der Waals surface area contributed by atoms with E-state index in [4.69, 9.17) is 9.26 Å². The average Bonchev–Trinajstić information content (AvgIpc) is 3.43. The number of aromatic nitrogens is 2. The molecule has 1 saturated heterocycles. The molecule has 0 radical (unpaired) electrons. The normalized spacial score (nSPS) is 17.0. The van der Waals surface area contributed by atoms with Gasteiger partial charge in [-0.25, -0.2) is 0 Å². The molecule has 4 rings (SSSR count). The molecular formula is C21H17F6N3O2. The number of nitrogens with one attached hydrogen (secondary N) is 1. The summed E-state index contributed by atoms with van der Waals surface area (Å²) in [5, 5.41) is 6.95. The van der Waals surface area contributed by atoms with E-state index in [9.17, 15) is 26.3 Å². The molecule has 0 aliphatic carbocycles. The molecule has 2 aromatic carbocycles. The van der Waals surface area contributed by atoms with E-state index in [2.05, 4.69) is 15.5 Å². The van der Waals surface area contributed by atoms with E-state index < -0.39 is 29.2 Å². The highest BCUT2D eigenvalue weighted by Crippen LogP contribution is 2.39. The van der Waals surface area contributed by atoms with Crippen LogP contribution in [0.2, 0.25) is 0 Å². The number of alkyl halides is 6. The molecule has 2 heterocycles. The average molecular weight is 457 g/mol. The fourth-order valence-electron chi connectivity index (χ4n) is 3.36. The highest BCUT2D eigenvalue weighted by molar-refractivity contribution is 5.59. The van der Waals surface area contributed by atoms with E-state index >= 15 is 0 Å². The second-order valence-corrected chi connectivity index (χ2v) is 7.30. The summed E-state index contributed by atoms with van der Waals surface area (Å²) in [6.45, 7) is 0.464. The summed E-state index contributed by atoms with van der Waals surface area (Å²) < 4.78 is 89.3. The Bertz CT molecular complexity index is 1070. The number of hydrogen-bond donors (Lipinski definition) is 1. The van der Waals surface area contributed by atoms with Crippen molar-refractivity contribution >= 4 is 0 Å². The number of nitrogens with zero attached hydrogens (tertiary/aromatic N) is 2. The molecule has 3 aromatic rings. The van der Waals surface area contributed by atoms with Crippen LogP contribution in [-0.2, 0) is 19.0 Å². The zero-order valence-electron chi connectivity index (χ0n) is 16.4. The quantitative estimate of drug-likeness (QED) is 0.493. The summed E-state index contributed by atoms with van der Waals surface area (Å²) in [7, 11) is 0. The molecule has 0 amide bonds. The van der Waals surface area contributed by atoms with Crippen LogP contribution in [0.3, 0.4) is 0 Å². The van der Waals surface area contributed by atoms with Gasteiger partial charge >= 0.3 is 12.4 Å². The van der Waals surface area contributed by atoms with Gasteiger partial charge in [-0.15, -0.1) is 0 Å². The molecule has 11 heteroatoms. The van der Waals surface area contributed by atoms with Crippen LogP contribution in [0.4, 0.5) is 26.3 Å². The van der Waals surface area contributed by atoms with E-state index in [1.807, 2.05) is 0 Å². The lowest BCUT2D eigenvalue weighted by Crippen LogP contribution is -2.13. The maximum Gasteiger partial charge on any atom is 0.419 e. The molecule has 0 bridgehead atoms. The van der Waals surface area contributed by atoms with E-state index in [-0.39, 0.29) is 24.0 Å². The number of halogens is 6. The molecule has 1 N–H and O–H groups in total. The Morgan fingerprint density at radius 2 is 1.75 bits per heavy atom. The van der Waals surface area contributed by atoms with Gasteiger partial charge in [0.25, 0.3) is 0 Å². The summed E-state index contributed by atoms with van der Waals surface area (Å²) in [5.41, 5.74) is -1.50. The van der Waals surface area contributed by atoms with Gasteiger partial charge in [0, 0.05) is 5.56 Å². The van der Waals surface area contributed by atoms with Crippen molar-refractivity contribution in [2.24, 2.45) is 0 Å². The first-order valence-electron chi connectivity index (χ1n) is 9.69. The van der Waals surface area contributed by atoms with Gasteiger partial charge in [0.15, 0.2) is 0 Å². The minimum atomic E-state index is -4.73. The number of benzene rings is 2. The summed E-state index contributed by atoms with van der Waals surface area (Å²) in [6.07, 6.45) is -7.50. The van der Waals surface area contributed by atoms with Gasteiger partial charge in [-0.1, -0.05) is 17.3 Å². The molecule has 1 aliphatic heterocycles. The molecule has 1 atom stereocenters. The second kappa shape index (κ2) is 8.45.